The summed E-state index contributed by atoms with van der Waals surface area (Å²) in [5, 5.41) is 16.9. The van der Waals surface area contributed by atoms with Crippen molar-refractivity contribution in [1.82, 2.24) is 0 Å². The molecule has 1 atom stereocenters. The van der Waals surface area contributed by atoms with Crippen molar-refractivity contribution in [3.63, 3.8) is 0 Å². The lowest BCUT2D eigenvalue weighted by Gasteiger charge is -2.17. The summed E-state index contributed by atoms with van der Waals surface area (Å²) in [7, 11) is 0. The summed E-state index contributed by atoms with van der Waals surface area (Å²) >= 11 is 0. The van der Waals surface area contributed by atoms with E-state index in [0.29, 0.717) is 28.2 Å². The van der Waals surface area contributed by atoms with Gasteiger partial charge < -0.3 is 15.5 Å². The maximum Gasteiger partial charge on any atom is 0.274 e. The number of nitro benzene ring substituents is 1. The summed E-state index contributed by atoms with van der Waals surface area (Å²) in [6.45, 7) is 5.63. The Morgan fingerprint density at radius 3 is 2.47 bits per heavy atom. The zero-order valence-electron chi connectivity index (χ0n) is 20.2. The highest BCUT2D eigenvalue weighted by Gasteiger charge is 2.35. The summed E-state index contributed by atoms with van der Waals surface area (Å²) in [5.74, 6) is -1.58. The highest BCUT2D eigenvalue weighted by molar-refractivity contribution is 6.07. The maximum absolute atomic E-state index is 12.9. The number of aryl methyl sites for hydroxylation is 3. The van der Waals surface area contributed by atoms with Crippen molar-refractivity contribution in [3.05, 3.63) is 93.0 Å². The molecule has 1 aliphatic rings. The molecule has 2 N–H and O–H groups in total. The molecule has 1 fully saturated rings. The van der Waals surface area contributed by atoms with Gasteiger partial charge in [0, 0.05) is 41.5 Å². The molecule has 0 aromatic heterocycles. The van der Waals surface area contributed by atoms with E-state index in [4.69, 9.17) is 0 Å². The Morgan fingerprint density at radius 2 is 1.75 bits per heavy atom. The normalized spacial score (nSPS) is 15.0. The quantitative estimate of drug-likeness (QED) is 0.384. The zero-order valence-corrected chi connectivity index (χ0v) is 20.2. The van der Waals surface area contributed by atoms with Gasteiger partial charge in [0.05, 0.1) is 16.5 Å². The summed E-state index contributed by atoms with van der Waals surface area (Å²) < 4.78 is 0. The van der Waals surface area contributed by atoms with Crippen LogP contribution >= 0.6 is 0 Å². The van der Waals surface area contributed by atoms with Crippen LogP contribution in [0.1, 0.15) is 33.5 Å². The SMILES string of the molecule is Cc1ccc(NC(=O)c2cccc(NC(=O)[C@H]3CC(=O)N(c4ccc(C)c([N+](=O)[O-])c4)C3)c2)c(C)c1. The van der Waals surface area contributed by atoms with Crippen molar-refractivity contribution in [1.29, 1.82) is 0 Å². The van der Waals surface area contributed by atoms with Gasteiger partial charge in [0.2, 0.25) is 11.8 Å². The molecule has 3 aromatic carbocycles. The molecular weight excluding hydrogens is 460 g/mol. The first kappa shape index (κ1) is 24.6. The largest absolute Gasteiger partial charge is 0.326 e. The smallest absolute Gasteiger partial charge is 0.274 e. The van der Waals surface area contributed by atoms with Crippen LogP contribution in [0.25, 0.3) is 0 Å². The van der Waals surface area contributed by atoms with Crippen LogP contribution in [0, 0.1) is 36.8 Å². The third kappa shape index (κ3) is 5.25. The predicted molar refractivity (Wildman–Crippen MR) is 137 cm³/mol. The van der Waals surface area contributed by atoms with Crippen molar-refractivity contribution in [2.75, 3.05) is 22.1 Å². The fourth-order valence-electron chi connectivity index (χ4n) is 4.23. The molecule has 0 spiro atoms. The topological polar surface area (TPSA) is 122 Å². The molecule has 4 rings (SSSR count). The first-order valence-corrected chi connectivity index (χ1v) is 11.5. The van der Waals surface area contributed by atoms with Crippen molar-refractivity contribution in [2.24, 2.45) is 5.92 Å². The average molecular weight is 487 g/mol. The Balaban J connectivity index is 1.43. The standard InChI is InChI=1S/C27H26N4O5/c1-16-7-10-23(18(3)11-16)29-26(33)19-5-4-6-21(12-19)28-27(34)20-13-25(32)30(15-20)22-9-8-17(2)24(14-22)31(35)36/h4-12,14,20H,13,15H2,1-3H3,(H,28,34)(H,29,33)/t20-/m0/s1. The molecular formula is C27H26N4O5. The maximum atomic E-state index is 12.9. The Hall–Kier alpha value is -4.53. The van der Waals surface area contributed by atoms with Gasteiger partial charge in [-0.2, -0.15) is 0 Å². The van der Waals surface area contributed by atoms with Gasteiger partial charge in [-0.25, -0.2) is 0 Å². The Kier molecular flexibility index (Phi) is 6.82. The van der Waals surface area contributed by atoms with E-state index < -0.39 is 10.8 Å². The van der Waals surface area contributed by atoms with Crippen molar-refractivity contribution in [3.8, 4) is 0 Å². The summed E-state index contributed by atoms with van der Waals surface area (Å²) in [5.41, 5.74) is 4.37. The van der Waals surface area contributed by atoms with Crippen molar-refractivity contribution in [2.45, 2.75) is 27.2 Å². The van der Waals surface area contributed by atoms with Gasteiger partial charge >= 0.3 is 0 Å². The number of carbonyl (C=O) groups is 3. The number of nitrogens with one attached hydrogen (secondary N) is 2. The fraction of sp³-hybridized carbons (Fsp3) is 0.222. The minimum Gasteiger partial charge on any atom is -0.326 e. The molecule has 9 nitrogen and oxygen atoms in total. The van der Waals surface area contributed by atoms with Crippen LogP contribution in [-0.4, -0.2) is 29.2 Å². The highest BCUT2D eigenvalue weighted by atomic mass is 16.6. The summed E-state index contributed by atoms with van der Waals surface area (Å²) in [6, 6.07) is 16.9. The lowest BCUT2D eigenvalue weighted by molar-refractivity contribution is -0.385. The minimum absolute atomic E-state index is 0.0135. The summed E-state index contributed by atoms with van der Waals surface area (Å²) in [4.78, 5) is 50.4. The summed E-state index contributed by atoms with van der Waals surface area (Å²) in [6.07, 6.45) is -0.0135. The van der Waals surface area contributed by atoms with Gasteiger partial charge in [-0.1, -0.05) is 29.8 Å². The molecule has 3 amide bonds. The fourth-order valence-corrected chi connectivity index (χ4v) is 4.23. The third-order valence-corrected chi connectivity index (χ3v) is 6.22. The lowest BCUT2D eigenvalue weighted by atomic mass is 10.1. The van der Waals surface area contributed by atoms with E-state index in [1.165, 1.54) is 11.0 Å². The molecule has 1 saturated heterocycles. The van der Waals surface area contributed by atoms with Crippen LogP contribution in [0.2, 0.25) is 0 Å². The Bertz CT molecular complexity index is 1380. The van der Waals surface area contributed by atoms with Crippen LogP contribution < -0.4 is 15.5 Å². The monoisotopic (exact) mass is 486 g/mol. The van der Waals surface area contributed by atoms with Gasteiger partial charge in [0.15, 0.2) is 0 Å². The second kappa shape index (κ2) is 9.99. The van der Waals surface area contributed by atoms with Crippen LogP contribution in [0.4, 0.5) is 22.7 Å². The van der Waals surface area contributed by atoms with Crippen LogP contribution in [0.5, 0.6) is 0 Å². The second-order valence-corrected chi connectivity index (χ2v) is 8.98. The number of nitrogens with zero attached hydrogens (tertiary/aromatic N) is 2. The van der Waals surface area contributed by atoms with Crippen LogP contribution in [0.3, 0.4) is 0 Å². The number of carbonyl (C=O) groups excluding carboxylic acids is 3. The van der Waals surface area contributed by atoms with Gasteiger partial charge in [0.1, 0.15) is 0 Å². The number of anilines is 3. The number of nitro groups is 1. The molecule has 0 aliphatic carbocycles. The highest BCUT2D eigenvalue weighted by Crippen LogP contribution is 2.30. The van der Waals surface area contributed by atoms with Gasteiger partial charge in [-0.15, -0.1) is 0 Å². The first-order valence-electron chi connectivity index (χ1n) is 11.5. The van der Waals surface area contributed by atoms with E-state index in [2.05, 4.69) is 10.6 Å². The van der Waals surface area contributed by atoms with E-state index in [-0.39, 0.29) is 36.4 Å². The van der Waals surface area contributed by atoms with Gasteiger partial charge in [-0.3, -0.25) is 24.5 Å². The Morgan fingerprint density at radius 1 is 0.972 bits per heavy atom. The molecule has 1 heterocycles. The average Bonchev–Trinajstić information content (AvgIpc) is 3.23. The predicted octanol–water partition coefficient (Wildman–Crippen LogP) is 4.76. The van der Waals surface area contributed by atoms with E-state index in [1.807, 2.05) is 32.0 Å². The van der Waals surface area contributed by atoms with Crippen molar-refractivity contribution >= 4 is 40.5 Å². The first-order chi connectivity index (χ1) is 17.1. The lowest BCUT2D eigenvalue weighted by Crippen LogP contribution is -2.28. The van der Waals surface area contributed by atoms with E-state index in [1.54, 1.807) is 43.3 Å². The number of hydrogen-bond acceptors (Lipinski definition) is 5. The second-order valence-electron chi connectivity index (χ2n) is 8.98. The number of rotatable bonds is 6. The molecule has 184 valence electrons. The number of amides is 3. The molecule has 3 aromatic rings. The van der Waals surface area contributed by atoms with Crippen molar-refractivity contribution < 1.29 is 19.3 Å². The van der Waals surface area contributed by atoms with Crippen LogP contribution in [-0.2, 0) is 9.59 Å². The van der Waals surface area contributed by atoms with Gasteiger partial charge in [-0.05, 0) is 56.7 Å². The molecule has 9 heteroatoms. The number of benzene rings is 3. The zero-order chi connectivity index (χ0) is 26.0. The molecule has 1 aliphatic heterocycles. The van der Waals surface area contributed by atoms with E-state index >= 15 is 0 Å². The van der Waals surface area contributed by atoms with Crippen LogP contribution in [0.15, 0.2) is 60.7 Å². The third-order valence-electron chi connectivity index (χ3n) is 6.22. The van der Waals surface area contributed by atoms with E-state index in [0.717, 1.165) is 11.1 Å². The molecule has 0 saturated carbocycles. The molecule has 0 unspecified atom stereocenters. The molecule has 0 radical (unpaired) electrons. The molecule has 36 heavy (non-hydrogen) atoms. The molecule has 0 bridgehead atoms. The Labute approximate surface area is 208 Å². The van der Waals surface area contributed by atoms with E-state index in [9.17, 15) is 24.5 Å². The van der Waals surface area contributed by atoms with Gasteiger partial charge in [0.25, 0.3) is 11.6 Å². The minimum atomic E-state index is -0.634. The number of hydrogen-bond donors (Lipinski definition) is 2.